The van der Waals surface area contributed by atoms with E-state index in [0.29, 0.717) is 0 Å². The van der Waals surface area contributed by atoms with E-state index in [1.807, 2.05) is 0 Å². The van der Waals surface area contributed by atoms with Crippen molar-refractivity contribution in [3.05, 3.63) is 22.2 Å². The summed E-state index contributed by atoms with van der Waals surface area (Å²) in [7, 11) is -2.09. The minimum Gasteiger partial charge on any atom is -0.756 e. The highest BCUT2D eigenvalue weighted by atomic mass is 31.2. The summed E-state index contributed by atoms with van der Waals surface area (Å²) in [5, 5.41) is 9.23. The summed E-state index contributed by atoms with van der Waals surface area (Å²) >= 11 is 0. The van der Waals surface area contributed by atoms with Gasteiger partial charge in [0.15, 0.2) is 0 Å². The summed E-state index contributed by atoms with van der Waals surface area (Å²) in [5.41, 5.74) is 5.09. The Morgan fingerprint density at radius 2 is 2.29 bits per heavy atom. The zero-order valence-corrected chi connectivity index (χ0v) is 14.0. The van der Waals surface area contributed by atoms with Crippen LogP contribution in [0, 0.1) is 0 Å². The van der Waals surface area contributed by atoms with Gasteiger partial charge in [-0.15, -0.1) is 0 Å². The molecule has 12 heteroatoms. The zero-order chi connectivity index (χ0) is 17.9. The summed E-state index contributed by atoms with van der Waals surface area (Å²) in [6, 6.07) is 0. The highest BCUT2D eigenvalue weighted by molar-refractivity contribution is 7.45. The van der Waals surface area contributed by atoms with E-state index in [2.05, 4.69) is 9.51 Å². The first-order chi connectivity index (χ1) is 11.3. The second-order valence-electron chi connectivity index (χ2n) is 5.09. The van der Waals surface area contributed by atoms with Crippen LogP contribution >= 0.6 is 7.82 Å². The van der Waals surface area contributed by atoms with Gasteiger partial charge in [-0.25, -0.2) is 4.79 Å². The predicted molar refractivity (Wildman–Crippen MR) is 78.7 cm³/mol. The molecule has 0 spiro atoms. The molecule has 1 aliphatic heterocycles. The molecule has 11 nitrogen and oxygen atoms in total. The molecule has 0 aromatic carbocycles. The van der Waals surface area contributed by atoms with Crippen LogP contribution in [0.4, 0.5) is 5.82 Å². The van der Waals surface area contributed by atoms with Gasteiger partial charge in [-0.3, -0.25) is 9.13 Å². The average molecular weight is 364 g/mol. The van der Waals surface area contributed by atoms with Crippen LogP contribution in [0.5, 0.6) is 0 Å². The Hall–Kier alpha value is -1.33. The monoisotopic (exact) mass is 364 g/mol. The van der Waals surface area contributed by atoms with Crippen LogP contribution in [0.1, 0.15) is 18.2 Å². The maximum atomic E-state index is 12.0. The molecule has 0 aliphatic carbocycles. The van der Waals surface area contributed by atoms with Crippen LogP contribution in [-0.4, -0.2) is 47.7 Å². The fourth-order valence-corrected chi connectivity index (χ4v) is 2.99. The summed E-state index contributed by atoms with van der Waals surface area (Å²) in [4.78, 5) is 27.1. The highest BCUT2D eigenvalue weighted by Gasteiger charge is 2.39. The van der Waals surface area contributed by atoms with Gasteiger partial charge in [-0.2, -0.15) is 4.98 Å². The van der Waals surface area contributed by atoms with Crippen molar-refractivity contribution in [2.75, 3.05) is 26.6 Å². The average Bonchev–Trinajstić information content (AvgIpc) is 2.90. The van der Waals surface area contributed by atoms with Crippen molar-refractivity contribution in [3.8, 4) is 0 Å². The van der Waals surface area contributed by atoms with Crippen molar-refractivity contribution in [2.24, 2.45) is 0 Å². The second kappa shape index (κ2) is 7.70. The number of anilines is 1. The Morgan fingerprint density at radius 1 is 1.58 bits per heavy atom. The Kier molecular flexibility index (Phi) is 6.10. The molecule has 1 aromatic rings. The van der Waals surface area contributed by atoms with Crippen molar-refractivity contribution in [3.63, 3.8) is 0 Å². The van der Waals surface area contributed by atoms with Gasteiger partial charge in [-0.1, -0.05) is 0 Å². The number of nitrogen functional groups attached to an aromatic ring is 1. The van der Waals surface area contributed by atoms with Gasteiger partial charge in [0.25, 0.3) is 7.82 Å². The van der Waals surface area contributed by atoms with Crippen molar-refractivity contribution in [2.45, 2.75) is 31.5 Å². The lowest BCUT2D eigenvalue weighted by atomic mass is 10.2. The lowest BCUT2D eigenvalue weighted by Gasteiger charge is -2.26. The molecule has 1 saturated heterocycles. The number of ether oxygens (including phenoxy) is 2. The van der Waals surface area contributed by atoms with Crippen molar-refractivity contribution in [1.29, 1.82) is 0 Å². The van der Waals surface area contributed by atoms with E-state index in [4.69, 9.17) is 19.7 Å². The number of hydrogen-bond acceptors (Lipinski definition) is 10. The topological polar surface area (TPSA) is 158 Å². The fraction of sp³-hybridized carbons (Fsp3) is 0.667. The minimum absolute atomic E-state index is 0.0417. The third-order valence-corrected chi connectivity index (χ3v) is 4.52. The first-order valence-electron chi connectivity index (χ1n) is 6.99. The normalized spacial score (nSPS) is 26.4. The standard InChI is InChI=1S/C12H20N3O8P/c1-20-6-9-8(23-24(18,19)21-2)3-10(22-9)15-4-7(5-16)11(13)14-12(15)17/h4,8-10,16H,3,5-6H2,1-2H3,(H,18,19)(H2,13,14,17)/p-1/t8-,9-,10-/m1/s1. The van der Waals surface area contributed by atoms with Gasteiger partial charge in [0, 0.05) is 32.4 Å². The summed E-state index contributed by atoms with van der Waals surface area (Å²) in [5.74, 6) is -0.0820. The second-order valence-corrected chi connectivity index (χ2v) is 6.56. The molecule has 24 heavy (non-hydrogen) atoms. The Morgan fingerprint density at radius 3 is 2.88 bits per heavy atom. The van der Waals surface area contributed by atoms with Crippen LogP contribution in [0.2, 0.25) is 0 Å². The first kappa shape index (κ1) is 19.0. The molecule has 136 valence electrons. The quantitative estimate of drug-likeness (QED) is 0.560. The zero-order valence-electron chi connectivity index (χ0n) is 13.2. The number of aliphatic hydroxyl groups excluding tert-OH is 1. The number of hydrogen-bond donors (Lipinski definition) is 2. The van der Waals surface area contributed by atoms with E-state index in [-0.39, 0.29) is 24.4 Å². The SMILES string of the molecule is COC[C@H]1O[C@@H](n2cc(CO)c(N)nc2=O)C[C@H]1OP(=O)([O-])OC. The first-order valence-corrected chi connectivity index (χ1v) is 8.45. The lowest BCUT2D eigenvalue weighted by molar-refractivity contribution is -0.229. The third-order valence-electron chi connectivity index (χ3n) is 3.54. The van der Waals surface area contributed by atoms with Gasteiger partial charge in [0.1, 0.15) is 18.1 Å². The number of aliphatic hydroxyl groups is 1. The number of rotatable bonds is 7. The van der Waals surface area contributed by atoms with Crippen LogP contribution in [0.25, 0.3) is 0 Å². The number of phosphoric ester groups is 1. The van der Waals surface area contributed by atoms with Gasteiger partial charge in [0.2, 0.25) is 0 Å². The fourth-order valence-electron chi connectivity index (χ4n) is 2.36. The highest BCUT2D eigenvalue weighted by Crippen LogP contribution is 2.44. The van der Waals surface area contributed by atoms with E-state index in [9.17, 15) is 19.4 Å². The third kappa shape index (κ3) is 4.19. The predicted octanol–water partition coefficient (Wildman–Crippen LogP) is -1.25. The Labute approximate surface area is 137 Å². The molecule has 2 rings (SSSR count). The number of nitrogens with zero attached hydrogens (tertiary/aromatic N) is 2. The number of aromatic nitrogens is 2. The molecule has 2 heterocycles. The Balaban J connectivity index is 2.27. The van der Waals surface area contributed by atoms with E-state index in [1.165, 1.54) is 13.3 Å². The number of methoxy groups -OCH3 is 1. The molecule has 3 N–H and O–H groups in total. The molecule has 0 bridgehead atoms. The summed E-state index contributed by atoms with van der Waals surface area (Å²) in [6.45, 7) is -0.360. The molecular weight excluding hydrogens is 345 g/mol. The van der Waals surface area contributed by atoms with Gasteiger partial charge in [0.05, 0.1) is 19.3 Å². The van der Waals surface area contributed by atoms with Crippen LogP contribution in [0.3, 0.4) is 0 Å². The van der Waals surface area contributed by atoms with Crippen LogP contribution in [0.15, 0.2) is 11.0 Å². The van der Waals surface area contributed by atoms with Crippen LogP contribution in [-0.2, 0) is 29.7 Å². The molecule has 0 radical (unpaired) electrons. The van der Waals surface area contributed by atoms with Gasteiger partial charge in [-0.05, 0) is 0 Å². The minimum atomic E-state index is -4.49. The van der Waals surface area contributed by atoms with E-state index in [1.54, 1.807) is 0 Å². The van der Waals surface area contributed by atoms with Crippen molar-refractivity contribution < 1.29 is 33.1 Å². The summed E-state index contributed by atoms with van der Waals surface area (Å²) < 4.78 is 32.5. The molecule has 4 atom stereocenters. The molecular formula is C12H19N3O8P-. The maximum Gasteiger partial charge on any atom is 0.351 e. The lowest BCUT2D eigenvalue weighted by Crippen LogP contribution is -2.30. The van der Waals surface area contributed by atoms with E-state index >= 15 is 0 Å². The Bertz CT molecular complexity index is 681. The van der Waals surface area contributed by atoms with Gasteiger partial charge >= 0.3 is 5.69 Å². The van der Waals surface area contributed by atoms with Crippen LogP contribution < -0.4 is 16.3 Å². The van der Waals surface area contributed by atoms with Crippen molar-refractivity contribution >= 4 is 13.6 Å². The van der Waals surface area contributed by atoms with E-state index in [0.717, 1.165) is 11.7 Å². The molecule has 0 amide bonds. The van der Waals surface area contributed by atoms with Gasteiger partial charge < -0.3 is 34.3 Å². The number of phosphoric acid groups is 1. The molecule has 0 saturated carbocycles. The van der Waals surface area contributed by atoms with Crippen molar-refractivity contribution in [1.82, 2.24) is 9.55 Å². The smallest absolute Gasteiger partial charge is 0.351 e. The maximum absolute atomic E-state index is 12.0. The molecule has 1 aromatic heterocycles. The van der Waals surface area contributed by atoms with E-state index < -0.39 is 38.6 Å². The molecule has 1 unspecified atom stereocenters. The summed E-state index contributed by atoms with van der Waals surface area (Å²) in [6.07, 6.45) is -1.13. The molecule has 1 fully saturated rings. The largest absolute Gasteiger partial charge is 0.756 e. The number of nitrogens with two attached hydrogens (primary N) is 1. The molecule has 1 aliphatic rings.